The number of para-hydroxylation sites is 1. The summed E-state index contributed by atoms with van der Waals surface area (Å²) in [5.74, 6) is -1.05. The molecule has 43 heavy (non-hydrogen) atoms. The second kappa shape index (κ2) is 11.9. The highest BCUT2D eigenvalue weighted by molar-refractivity contribution is 6.09. The molecular weight excluding hydrogens is 548 g/mol. The number of carbonyl (C=O) groups is 2. The third-order valence-corrected chi connectivity index (χ3v) is 6.99. The molecule has 3 aromatic carbocycles. The van der Waals surface area contributed by atoms with Crippen LogP contribution in [0, 0.1) is 5.41 Å². The normalized spacial score (nSPS) is 12.0. The maximum atomic E-state index is 14.3. The predicted molar refractivity (Wildman–Crippen MR) is 161 cm³/mol. The van der Waals surface area contributed by atoms with Crippen molar-refractivity contribution in [3.8, 4) is 45.6 Å². The Morgan fingerprint density at radius 2 is 1.58 bits per heavy atom. The number of rotatable bonds is 9. The molecule has 220 valence electrons. The van der Waals surface area contributed by atoms with Gasteiger partial charge in [0.05, 0.1) is 25.5 Å². The summed E-state index contributed by atoms with van der Waals surface area (Å²) in [7, 11) is 2.79. The van der Waals surface area contributed by atoms with E-state index in [1.165, 1.54) is 25.0 Å². The van der Waals surface area contributed by atoms with Gasteiger partial charge in [-0.15, -0.1) is 0 Å². The van der Waals surface area contributed by atoms with Crippen molar-refractivity contribution in [2.45, 2.75) is 26.9 Å². The maximum Gasteiger partial charge on any atom is 0.351 e. The van der Waals surface area contributed by atoms with E-state index in [-0.39, 0.29) is 23.0 Å². The van der Waals surface area contributed by atoms with Gasteiger partial charge in [0.25, 0.3) is 0 Å². The van der Waals surface area contributed by atoms with Crippen molar-refractivity contribution in [2.24, 2.45) is 5.41 Å². The summed E-state index contributed by atoms with van der Waals surface area (Å²) in [5, 5.41) is 15.9. The number of hydrogen-bond acceptors (Lipinski definition) is 8. The molecule has 0 aliphatic carbocycles. The Bertz CT molecular complexity index is 1730. The Morgan fingerprint density at radius 1 is 0.907 bits per heavy atom. The summed E-state index contributed by atoms with van der Waals surface area (Å²) in [5.41, 5.74) is 2.54. The van der Waals surface area contributed by atoms with Gasteiger partial charge in [-0.2, -0.15) is 0 Å². The molecule has 5 rings (SSSR count). The molecule has 1 N–H and O–H groups in total. The highest BCUT2D eigenvalue weighted by atomic mass is 16.6. The molecule has 9 heteroatoms. The van der Waals surface area contributed by atoms with E-state index in [9.17, 15) is 14.7 Å². The van der Waals surface area contributed by atoms with Crippen molar-refractivity contribution < 1.29 is 33.4 Å². The van der Waals surface area contributed by atoms with Gasteiger partial charge in [0.2, 0.25) is 12.0 Å². The summed E-state index contributed by atoms with van der Waals surface area (Å²) in [4.78, 5) is 27.3. The summed E-state index contributed by atoms with van der Waals surface area (Å²) < 4.78 is 23.6. The Kier molecular flexibility index (Phi) is 8.07. The number of benzene rings is 3. The number of nitrogens with zero attached hydrogens (tertiary/aromatic N) is 2. The van der Waals surface area contributed by atoms with Crippen LogP contribution in [0.25, 0.3) is 28.2 Å². The monoisotopic (exact) mass is 580 g/mol. The number of ketones is 1. The second-order valence-electron chi connectivity index (χ2n) is 10.9. The minimum atomic E-state index is -1.26. The zero-order valence-electron chi connectivity index (χ0n) is 24.5. The van der Waals surface area contributed by atoms with Crippen LogP contribution in [0.3, 0.4) is 0 Å². The lowest BCUT2D eigenvalue weighted by atomic mass is 9.85. The van der Waals surface area contributed by atoms with Gasteiger partial charge in [-0.1, -0.05) is 80.5 Å². The molecule has 0 amide bonds. The lowest BCUT2D eigenvalue weighted by molar-refractivity contribution is -0.149. The van der Waals surface area contributed by atoms with Crippen LogP contribution < -0.4 is 9.47 Å². The summed E-state index contributed by atoms with van der Waals surface area (Å²) in [6, 6.07) is 24.9. The van der Waals surface area contributed by atoms with Crippen molar-refractivity contribution in [3.05, 3.63) is 102 Å². The second-order valence-corrected chi connectivity index (χ2v) is 10.9. The van der Waals surface area contributed by atoms with Crippen LogP contribution >= 0.6 is 0 Å². The van der Waals surface area contributed by atoms with Gasteiger partial charge in [0.1, 0.15) is 17.7 Å². The molecule has 2 heterocycles. The first kappa shape index (κ1) is 29.2. The maximum absolute atomic E-state index is 14.3. The van der Waals surface area contributed by atoms with Gasteiger partial charge >= 0.3 is 5.97 Å². The van der Waals surface area contributed by atoms with E-state index in [1.54, 1.807) is 75.4 Å². The molecule has 2 aromatic heterocycles. The smallest absolute Gasteiger partial charge is 0.351 e. The van der Waals surface area contributed by atoms with E-state index in [1.807, 2.05) is 30.3 Å². The van der Waals surface area contributed by atoms with Crippen molar-refractivity contribution in [1.82, 2.24) is 9.72 Å². The largest absolute Gasteiger partial charge is 0.496 e. The standard InChI is InChI=1S/C34H32N2O7/c1-34(2,3)31(37)27-28(24-13-9-10-14-26(24)40-4)36(23-17-15-21(16-18-23)25-19-20-42-35-25)32(38)30(27)43-29(33(39)41-5)22-11-7-6-8-12-22/h6-20,29,38H,1-5H3/t29-/m1/s1. The number of Topliss-reactive ketones (excluding diaryl/α,β-unsaturated/α-hetero) is 1. The molecule has 0 bridgehead atoms. The predicted octanol–water partition coefficient (Wildman–Crippen LogP) is 7.04. The minimum absolute atomic E-state index is 0.0971. The van der Waals surface area contributed by atoms with Gasteiger partial charge in [-0.05, 0) is 24.3 Å². The number of ether oxygens (including phenoxy) is 3. The molecule has 0 spiro atoms. The number of methoxy groups -OCH3 is 2. The lowest BCUT2D eigenvalue weighted by Gasteiger charge is -2.21. The fourth-order valence-electron chi connectivity index (χ4n) is 4.83. The molecule has 0 unspecified atom stereocenters. The Balaban J connectivity index is 1.82. The van der Waals surface area contributed by atoms with Gasteiger partial charge in [-0.3, -0.25) is 9.36 Å². The van der Waals surface area contributed by atoms with Crippen LogP contribution in [0.15, 0.2) is 95.7 Å². The fourth-order valence-corrected chi connectivity index (χ4v) is 4.83. The molecule has 0 saturated carbocycles. The first-order valence-electron chi connectivity index (χ1n) is 13.6. The number of esters is 1. The first-order valence-corrected chi connectivity index (χ1v) is 13.6. The number of aromatic hydroxyl groups is 1. The zero-order valence-corrected chi connectivity index (χ0v) is 24.5. The minimum Gasteiger partial charge on any atom is -0.496 e. The third-order valence-electron chi connectivity index (χ3n) is 6.99. The molecule has 0 saturated heterocycles. The summed E-state index contributed by atoms with van der Waals surface area (Å²) in [6.45, 7) is 5.34. The van der Waals surface area contributed by atoms with Gasteiger partial charge in [-0.25, -0.2) is 4.79 Å². The molecule has 0 aliphatic heterocycles. The van der Waals surface area contributed by atoms with Crippen molar-refractivity contribution in [1.29, 1.82) is 0 Å². The van der Waals surface area contributed by atoms with Crippen LogP contribution in [0.4, 0.5) is 0 Å². The number of hydrogen-bond donors (Lipinski definition) is 1. The molecule has 0 aliphatic rings. The van der Waals surface area contributed by atoms with Gasteiger partial charge in [0.15, 0.2) is 11.5 Å². The van der Waals surface area contributed by atoms with Crippen LogP contribution in [-0.2, 0) is 9.53 Å². The van der Waals surface area contributed by atoms with Crippen molar-refractivity contribution in [2.75, 3.05) is 14.2 Å². The van der Waals surface area contributed by atoms with Crippen LogP contribution in [0.1, 0.15) is 42.8 Å². The molecule has 9 nitrogen and oxygen atoms in total. The zero-order chi connectivity index (χ0) is 30.7. The number of carbonyl (C=O) groups excluding carboxylic acids is 2. The first-order chi connectivity index (χ1) is 20.7. The average molecular weight is 581 g/mol. The van der Waals surface area contributed by atoms with E-state index < -0.39 is 17.5 Å². The molecular formula is C34H32N2O7. The van der Waals surface area contributed by atoms with Gasteiger partial charge in [0, 0.05) is 33.9 Å². The fraction of sp³-hybridized carbons (Fsp3) is 0.206. The van der Waals surface area contributed by atoms with Crippen LogP contribution in [0.5, 0.6) is 17.4 Å². The SMILES string of the molecule is COC(=O)[C@H](Oc1c(C(=O)C(C)(C)C)c(-c2ccccc2OC)n(-c2ccc(-c3ccon3)cc2)c1O)c1ccccc1. The van der Waals surface area contributed by atoms with E-state index >= 15 is 0 Å². The quantitative estimate of drug-likeness (QED) is 0.146. The van der Waals surface area contributed by atoms with E-state index in [0.717, 1.165) is 5.56 Å². The Hall–Kier alpha value is -5.31. The highest BCUT2D eigenvalue weighted by Gasteiger charge is 2.38. The third kappa shape index (κ3) is 5.61. The van der Waals surface area contributed by atoms with E-state index in [0.29, 0.717) is 34.0 Å². The average Bonchev–Trinajstić information content (AvgIpc) is 3.66. The number of aromatic nitrogens is 2. The molecule has 0 fully saturated rings. The molecule has 0 radical (unpaired) electrons. The summed E-state index contributed by atoms with van der Waals surface area (Å²) in [6.07, 6.45) is 0.221. The summed E-state index contributed by atoms with van der Waals surface area (Å²) >= 11 is 0. The van der Waals surface area contributed by atoms with Crippen LogP contribution in [-0.4, -0.2) is 40.8 Å². The highest BCUT2D eigenvalue weighted by Crippen LogP contribution is 2.49. The Morgan fingerprint density at radius 3 is 2.19 bits per heavy atom. The van der Waals surface area contributed by atoms with Crippen molar-refractivity contribution >= 4 is 11.8 Å². The Labute approximate surface area is 249 Å². The molecule has 5 aromatic rings. The van der Waals surface area contributed by atoms with Crippen LogP contribution in [0.2, 0.25) is 0 Å². The molecule has 1 atom stereocenters. The lowest BCUT2D eigenvalue weighted by Crippen LogP contribution is -2.24. The van der Waals surface area contributed by atoms with E-state index in [4.69, 9.17) is 18.7 Å². The van der Waals surface area contributed by atoms with E-state index in [2.05, 4.69) is 5.16 Å². The topological polar surface area (TPSA) is 113 Å². The van der Waals surface area contributed by atoms with Gasteiger partial charge < -0.3 is 23.8 Å². The van der Waals surface area contributed by atoms with Crippen molar-refractivity contribution in [3.63, 3.8) is 0 Å².